The third-order valence-electron chi connectivity index (χ3n) is 1.48. The van der Waals surface area contributed by atoms with E-state index in [-0.39, 0.29) is 11.1 Å². The lowest BCUT2D eigenvalue weighted by Gasteiger charge is -1.99. The third kappa shape index (κ3) is 1.27. The zero-order valence-electron chi connectivity index (χ0n) is 5.90. The van der Waals surface area contributed by atoms with E-state index >= 15 is 0 Å². The van der Waals surface area contributed by atoms with Crippen molar-refractivity contribution in [3.63, 3.8) is 0 Å². The predicted octanol–water partition coefficient (Wildman–Crippen LogP) is 2.09. The zero-order valence-corrected chi connectivity index (χ0v) is 5.90. The summed E-state index contributed by atoms with van der Waals surface area (Å²) >= 11 is 0. The van der Waals surface area contributed by atoms with E-state index in [4.69, 9.17) is 0 Å². The summed E-state index contributed by atoms with van der Waals surface area (Å²) in [7, 11) is 0. The summed E-state index contributed by atoms with van der Waals surface area (Å²) in [4.78, 5) is 10.1. The molecule has 0 aliphatic carbocycles. The average molecular weight is 156 g/mol. The summed E-state index contributed by atoms with van der Waals surface area (Å²) in [5.41, 5.74) is -0.224. The van der Waals surface area contributed by atoms with Crippen LogP contribution in [0.5, 0.6) is 0 Å². The zero-order chi connectivity index (χ0) is 8.43. The quantitative estimate of drug-likeness (QED) is 0.569. The van der Waals surface area contributed by atoms with Crippen LogP contribution in [0.3, 0.4) is 0 Å². The minimum Gasteiger partial charge on any atom is -0.298 e. The Kier molecular flexibility index (Phi) is 1.98. The van der Waals surface area contributed by atoms with Crippen molar-refractivity contribution >= 4 is 6.29 Å². The number of aldehydes is 1. The molecule has 0 aromatic heterocycles. The second-order valence-corrected chi connectivity index (χ2v) is 2.19. The Hall–Kier alpha value is -1.25. The number of halogens is 2. The van der Waals surface area contributed by atoms with Crippen LogP contribution in [0.25, 0.3) is 0 Å². The summed E-state index contributed by atoms with van der Waals surface area (Å²) < 4.78 is 25.3. The Morgan fingerprint density at radius 1 is 1.36 bits per heavy atom. The predicted molar refractivity (Wildman–Crippen MR) is 36.5 cm³/mol. The van der Waals surface area contributed by atoms with E-state index in [1.54, 1.807) is 0 Å². The summed E-state index contributed by atoms with van der Waals surface area (Å²) in [6, 6.07) is 2.19. The monoisotopic (exact) mass is 156 g/mol. The fourth-order valence-electron chi connectivity index (χ4n) is 0.773. The van der Waals surface area contributed by atoms with Crippen LogP contribution >= 0.6 is 0 Å². The van der Waals surface area contributed by atoms with Crippen LogP contribution < -0.4 is 0 Å². The van der Waals surface area contributed by atoms with Crippen molar-refractivity contribution in [2.24, 2.45) is 0 Å². The number of hydrogen-bond acceptors (Lipinski definition) is 1. The van der Waals surface area contributed by atoms with E-state index < -0.39 is 11.6 Å². The third-order valence-corrected chi connectivity index (χ3v) is 1.48. The van der Waals surface area contributed by atoms with Gasteiger partial charge in [-0.3, -0.25) is 4.79 Å². The lowest BCUT2D eigenvalue weighted by molar-refractivity contribution is 0.111. The van der Waals surface area contributed by atoms with E-state index in [2.05, 4.69) is 0 Å². The molecule has 0 fully saturated rings. The Morgan fingerprint density at radius 3 is 2.55 bits per heavy atom. The maximum absolute atomic E-state index is 12.8. The molecule has 11 heavy (non-hydrogen) atoms. The van der Waals surface area contributed by atoms with Gasteiger partial charge in [-0.05, 0) is 19.1 Å². The fourth-order valence-corrected chi connectivity index (χ4v) is 0.773. The van der Waals surface area contributed by atoms with Crippen molar-refractivity contribution in [1.29, 1.82) is 0 Å². The van der Waals surface area contributed by atoms with Crippen LogP contribution in [-0.2, 0) is 0 Å². The van der Waals surface area contributed by atoms with E-state index in [9.17, 15) is 13.6 Å². The average Bonchev–Trinajstić information content (AvgIpc) is 2.01. The van der Waals surface area contributed by atoms with E-state index in [0.29, 0.717) is 6.29 Å². The summed E-state index contributed by atoms with van der Waals surface area (Å²) in [6.45, 7) is 1.29. The molecular formula is C8H6F2O. The first-order valence-corrected chi connectivity index (χ1v) is 3.06. The largest absolute Gasteiger partial charge is 0.298 e. The van der Waals surface area contributed by atoms with Gasteiger partial charge < -0.3 is 0 Å². The van der Waals surface area contributed by atoms with Gasteiger partial charge >= 0.3 is 0 Å². The fraction of sp³-hybridized carbons (Fsp3) is 0.125. The highest BCUT2D eigenvalue weighted by Gasteiger charge is 2.07. The Labute approximate surface area is 62.7 Å². The van der Waals surface area contributed by atoms with Gasteiger partial charge in [0, 0.05) is 5.56 Å². The molecule has 0 bridgehead atoms. The summed E-state index contributed by atoms with van der Waals surface area (Å²) in [6.07, 6.45) is 0.363. The molecular weight excluding hydrogens is 150 g/mol. The van der Waals surface area contributed by atoms with E-state index in [1.165, 1.54) is 6.92 Å². The lowest BCUT2D eigenvalue weighted by Crippen LogP contribution is -1.94. The SMILES string of the molecule is Cc1c(F)ccc(C=O)c1F. The van der Waals surface area contributed by atoms with Crippen LogP contribution in [0.1, 0.15) is 15.9 Å². The van der Waals surface area contributed by atoms with Crippen LogP contribution in [0, 0.1) is 18.6 Å². The Bertz CT molecular complexity index is 294. The topological polar surface area (TPSA) is 17.1 Å². The highest BCUT2D eigenvalue weighted by atomic mass is 19.1. The molecule has 0 atom stereocenters. The lowest BCUT2D eigenvalue weighted by atomic mass is 10.1. The van der Waals surface area contributed by atoms with Gasteiger partial charge in [0.15, 0.2) is 6.29 Å². The molecule has 0 N–H and O–H groups in total. The molecule has 0 spiro atoms. The van der Waals surface area contributed by atoms with Gasteiger partial charge in [0.1, 0.15) is 11.6 Å². The van der Waals surface area contributed by atoms with Gasteiger partial charge in [0.2, 0.25) is 0 Å². The molecule has 0 saturated carbocycles. The standard InChI is InChI=1S/C8H6F2O/c1-5-7(9)3-2-6(4-11)8(5)10/h2-4H,1H3. The highest BCUT2D eigenvalue weighted by molar-refractivity contribution is 5.75. The van der Waals surface area contributed by atoms with Crippen molar-refractivity contribution < 1.29 is 13.6 Å². The Balaban J connectivity index is 3.36. The molecule has 0 aliphatic heterocycles. The van der Waals surface area contributed by atoms with Crippen molar-refractivity contribution in [2.45, 2.75) is 6.92 Å². The molecule has 0 unspecified atom stereocenters. The molecule has 1 aromatic rings. The maximum atomic E-state index is 12.8. The number of benzene rings is 1. The Morgan fingerprint density at radius 2 is 2.00 bits per heavy atom. The molecule has 3 heteroatoms. The molecule has 0 radical (unpaired) electrons. The van der Waals surface area contributed by atoms with Crippen LogP contribution in [0.15, 0.2) is 12.1 Å². The number of carbonyl (C=O) groups is 1. The van der Waals surface area contributed by atoms with E-state index in [0.717, 1.165) is 12.1 Å². The number of carbonyl (C=O) groups excluding carboxylic acids is 1. The molecule has 0 amide bonds. The smallest absolute Gasteiger partial charge is 0.153 e. The number of hydrogen-bond donors (Lipinski definition) is 0. The van der Waals surface area contributed by atoms with Crippen molar-refractivity contribution in [3.8, 4) is 0 Å². The first kappa shape index (κ1) is 7.85. The van der Waals surface area contributed by atoms with Gasteiger partial charge in [0.05, 0.1) is 5.56 Å². The second-order valence-electron chi connectivity index (χ2n) is 2.19. The molecule has 0 aliphatic rings. The van der Waals surface area contributed by atoms with Crippen molar-refractivity contribution in [3.05, 3.63) is 34.9 Å². The van der Waals surface area contributed by atoms with Gasteiger partial charge in [0.25, 0.3) is 0 Å². The van der Waals surface area contributed by atoms with Gasteiger partial charge in [-0.2, -0.15) is 0 Å². The molecule has 0 saturated heterocycles. The minimum absolute atomic E-state index is 0.107. The molecule has 1 rings (SSSR count). The van der Waals surface area contributed by atoms with Crippen molar-refractivity contribution in [2.75, 3.05) is 0 Å². The van der Waals surface area contributed by atoms with Gasteiger partial charge in [-0.1, -0.05) is 0 Å². The first-order chi connectivity index (χ1) is 5.16. The number of rotatable bonds is 1. The highest BCUT2D eigenvalue weighted by Crippen LogP contribution is 2.13. The molecule has 1 nitrogen and oxygen atoms in total. The normalized spacial score (nSPS) is 9.73. The molecule has 1 aromatic carbocycles. The maximum Gasteiger partial charge on any atom is 0.153 e. The van der Waals surface area contributed by atoms with Crippen LogP contribution in [-0.4, -0.2) is 6.29 Å². The molecule has 58 valence electrons. The molecule has 0 heterocycles. The van der Waals surface area contributed by atoms with Crippen LogP contribution in [0.4, 0.5) is 8.78 Å². The second kappa shape index (κ2) is 2.78. The van der Waals surface area contributed by atoms with Crippen molar-refractivity contribution in [1.82, 2.24) is 0 Å². The van der Waals surface area contributed by atoms with E-state index in [1.807, 2.05) is 0 Å². The van der Waals surface area contributed by atoms with Gasteiger partial charge in [-0.15, -0.1) is 0 Å². The summed E-state index contributed by atoms with van der Waals surface area (Å²) in [5.74, 6) is -1.41. The summed E-state index contributed by atoms with van der Waals surface area (Å²) in [5, 5.41) is 0. The first-order valence-electron chi connectivity index (χ1n) is 3.06. The van der Waals surface area contributed by atoms with Crippen LogP contribution in [0.2, 0.25) is 0 Å². The van der Waals surface area contributed by atoms with Gasteiger partial charge in [-0.25, -0.2) is 8.78 Å². The minimum atomic E-state index is -0.778.